The molecule has 0 bridgehead atoms. The number of aromatic nitrogens is 4. The van der Waals surface area contributed by atoms with Crippen LogP contribution in [0.4, 0.5) is 5.82 Å². The molecule has 23 atom stereocenters. The van der Waals surface area contributed by atoms with Crippen LogP contribution < -0.4 is 37.6 Å². The minimum Gasteiger partial charge on any atom is -0.394 e. The highest BCUT2D eigenvalue weighted by atomic mass is 31.2. The Morgan fingerprint density at radius 3 is 1.32 bits per heavy atom. The van der Waals surface area contributed by atoms with Gasteiger partial charge >= 0.3 is 15.4 Å². The van der Waals surface area contributed by atoms with E-state index in [4.69, 9.17) is 66.7 Å². The number of likely N-dealkylation sites (tertiary alicyclic amines) is 1. The number of nitrogen functional groups attached to an aromatic ring is 1. The summed E-state index contributed by atoms with van der Waals surface area (Å²) in [5.74, 6) is -3.13. The summed E-state index contributed by atoms with van der Waals surface area (Å²) < 4.78 is 103. The fourth-order valence-corrected chi connectivity index (χ4v) is 18.8. The summed E-state index contributed by atoms with van der Waals surface area (Å²) >= 11 is 0. The van der Waals surface area contributed by atoms with E-state index in [1.807, 2.05) is 0 Å². The Kier molecular flexibility index (Phi) is 56.6. The van der Waals surface area contributed by atoms with Gasteiger partial charge in [0.15, 0.2) is 30.3 Å². The molecule has 145 heavy (non-hydrogen) atoms. The molecule has 52 heteroatoms. The molecule has 7 rings (SSSR count). The summed E-state index contributed by atoms with van der Waals surface area (Å²) in [5, 5.41) is 119. The number of imidazole rings is 1. The number of phosphoric acid groups is 1. The molecule has 828 valence electrons. The van der Waals surface area contributed by atoms with E-state index in [0.717, 1.165) is 0 Å². The lowest BCUT2D eigenvalue weighted by molar-refractivity contribution is -0.270. The van der Waals surface area contributed by atoms with Gasteiger partial charge in [-0.25, -0.2) is 19.5 Å². The number of phosphoric ester groups is 1. The molecule has 0 radical (unpaired) electrons. The second kappa shape index (κ2) is 65.8. The first kappa shape index (κ1) is 125. The van der Waals surface area contributed by atoms with E-state index in [1.165, 1.54) is 56.7 Å². The van der Waals surface area contributed by atoms with Crippen LogP contribution in [0.3, 0.4) is 0 Å². The van der Waals surface area contributed by atoms with Gasteiger partial charge in [0.1, 0.15) is 132 Å². The van der Waals surface area contributed by atoms with Gasteiger partial charge in [-0.3, -0.25) is 70.9 Å². The molecule has 0 spiro atoms. The van der Waals surface area contributed by atoms with Crippen LogP contribution in [0, 0.1) is 0 Å². The van der Waals surface area contributed by atoms with Crippen molar-refractivity contribution < 1.29 is 184 Å². The molecule has 20 N–H and O–H groups in total. The van der Waals surface area contributed by atoms with Gasteiger partial charge < -0.3 is 155 Å². The number of fused-ring (bicyclic) bond motifs is 1. The van der Waals surface area contributed by atoms with Crippen molar-refractivity contribution in [3.05, 3.63) is 12.7 Å². The Morgan fingerprint density at radius 1 is 0.462 bits per heavy atom. The molecule has 5 aliphatic heterocycles. The third-order valence-corrected chi connectivity index (χ3v) is 28.2. The third kappa shape index (κ3) is 44.3. The van der Waals surface area contributed by atoms with Crippen LogP contribution in [0.25, 0.3) is 11.2 Å². The van der Waals surface area contributed by atoms with E-state index < -0.39 is 206 Å². The molecule has 5 fully saturated rings. The molecule has 0 aliphatic carbocycles. The van der Waals surface area contributed by atoms with Crippen molar-refractivity contribution in [3.8, 4) is 0 Å². The molecule has 0 aromatic carbocycles. The normalized spacial score (nSPS) is 26.1. The topological polar surface area (TPSA) is 730 Å². The van der Waals surface area contributed by atoms with E-state index in [0.29, 0.717) is 122 Å². The molecular formula is C93H158N12O38P2. The second-order valence-electron chi connectivity index (χ2n) is 37.9. The Labute approximate surface area is 843 Å². The van der Waals surface area contributed by atoms with Crippen molar-refractivity contribution in [3.63, 3.8) is 0 Å². The number of carbonyl (C=O) groups excluding carboxylic acids is 11. The molecule has 2 aromatic heterocycles. The number of nitrogens with zero attached hydrogens (tertiary/aromatic N) is 5. The summed E-state index contributed by atoms with van der Waals surface area (Å²) in [6.07, 6.45) is -7.14. The molecule has 50 nitrogen and oxygen atoms in total. The summed E-state index contributed by atoms with van der Waals surface area (Å²) in [7, 11) is -9.15. The molecule has 5 saturated heterocycles. The maximum Gasteiger partial charge on any atom is 0.472 e. The van der Waals surface area contributed by atoms with Crippen LogP contribution in [-0.2, 0) is 123 Å². The van der Waals surface area contributed by atoms with Gasteiger partial charge in [0.25, 0.3) is 0 Å². The lowest BCUT2D eigenvalue weighted by Gasteiger charge is -2.42. The van der Waals surface area contributed by atoms with Gasteiger partial charge in [0.05, 0.1) is 96.8 Å². The highest BCUT2D eigenvalue weighted by molar-refractivity contribution is 7.53. The van der Waals surface area contributed by atoms with Crippen LogP contribution in [0.2, 0.25) is 0 Å². The van der Waals surface area contributed by atoms with Gasteiger partial charge in [0.2, 0.25) is 41.4 Å². The predicted molar refractivity (Wildman–Crippen MR) is 512 cm³/mol. The monoisotopic (exact) mass is 2110 g/mol. The van der Waals surface area contributed by atoms with Gasteiger partial charge in [-0.15, -0.1) is 0 Å². The van der Waals surface area contributed by atoms with E-state index in [-0.39, 0.29) is 227 Å². The fraction of sp³-hybridized carbons (Fsp3) is 0.828. The maximum absolute atomic E-state index is 14.3. The van der Waals surface area contributed by atoms with Crippen molar-refractivity contribution in [1.82, 2.24) is 56.3 Å². The zero-order valence-corrected chi connectivity index (χ0v) is 85.6. The first-order chi connectivity index (χ1) is 69.2. The van der Waals surface area contributed by atoms with Gasteiger partial charge in [-0.2, -0.15) is 0 Å². The second-order valence-corrected chi connectivity index (χ2v) is 41.7. The van der Waals surface area contributed by atoms with E-state index in [9.17, 15) is 123 Å². The molecular weight excluding hydrogens is 1960 g/mol. The summed E-state index contributed by atoms with van der Waals surface area (Å²) in [5.41, 5.74) is 4.27. The first-order valence-corrected chi connectivity index (χ1v) is 53.7. The van der Waals surface area contributed by atoms with Crippen molar-refractivity contribution >= 4 is 96.9 Å². The number of carbonyl (C=O) groups is 11. The number of Topliss-reactive ketones (excluding diaryl/α,β-unsaturated/α-hetero) is 4. The Morgan fingerprint density at radius 2 is 0.862 bits per heavy atom. The standard InChI is InChI=1S/C93H158N12O38P2/c1-58(2)144(127,128)137-52-72-68(46-77(139-72)105-57-99-81-88(94)97-56-98-89(81)105)143-145(129,130)138-51-62-45-67(116)47-104(62)76(120)33-14-9-7-6-8-13-32-75(119)103-93(53-131-42-34-65(114)26-12-10-11-25-63(112)29-17-22-39-134-90-78(100-59(3)109)85(124)82(121)69(48-106)140-90,54-132-43-35-66(115)28-16-21-37-95-73(117)31-19-24-41-136-92-80(102-61(5)111)87(126)84(123)71(50-108)142-92)55-133-44-36-74(118)96-38-20-15-27-64(113)30-18-23-40-135-91-79(101-60(4)110)86(125)83(122)70(49-107)141-91/h56-58,62,67-72,77-80,82-87,90-92,106-108,116,121-126H,6-55H2,1-5H3,(H,95,117)(H,96,118)(H,100,109)(H,101,110)(H,102,111)(H,103,119)(H,127,128)(H,129,130)(H2,94,97,98)/t62-,67+,68?,69?,70?,71?,72+,77+,78?,79?,80?,82-,83-,84-,85+,86+,87+,90+,91+,92+,93?/m0/s1. The highest BCUT2D eigenvalue weighted by Crippen LogP contribution is 2.52. The van der Waals surface area contributed by atoms with Crippen LogP contribution in [0.1, 0.15) is 253 Å². The molecule has 2 aromatic rings. The number of ketones is 4. The average Bonchev–Trinajstić information content (AvgIpc) is 1.57. The Bertz CT molecular complexity index is 4140. The predicted octanol–water partition coefficient (Wildman–Crippen LogP) is 0.158. The van der Waals surface area contributed by atoms with Crippen molar-refractivity contribution in [1.29, 1.82) is 0 Å². The minimum atomic E-state index is -4.99. The number of anilines is 1. The van der Waals surface area contributed by atoms with E-state index in [2.05, 4.69) is 46.9 Å². The van der Waals surface area contributed by atoms with Gasteiger partial charge in [0, 0.05) is 144 Å². The zero-order valence-electron chi connectivity index (χ0n) is 83.8. The summed E-state index contributed by atoms with van der Waals surface area (Å²) in [4.78, 5) is 178. The van der Waals surface area contributed by atoms with Crippen LogP contribution in [-0.4, -0.2) is 389 Å². The lowest BCUT2D eigenvalue weighted by Crippen LogP contribution is -2.64. The number of unbranched alkanes of at least 4 members (excludes halogenated alkanes) is 12. The number of β-amino-alcohol motifs (C(OH)–C–C–N with tert-alkyl or cyclic N) is 1. The molecule has 7 heterocycles. The molecule has 10 unspecified atom stereocenters. The van der Waals surface area contributed by atoms with Crippen molar-refractivity contribution in [2.75, 3.05) is 118 Å². The largest absolute Gasteiger partial charge is 0.472 e. The maximum atomic E-state index is 14.3. The quantitative estimate of drug-likeness (QED) is 0.0310. The van der Waals surface area contributed by atoms with E-state index in [1.54, 1.807) is 0 Å². The van der Waals surface area contributed by atoms with Crippen LogP contribution >= 0.6 is 15.4 Å². The fourth-order valence-electron chi connectivity index (χ4n) is 17.1. The Balaban J connectivity index is 0.908. The third-order valence-electron chi connectivity index (χ3n) is 25.4. The lowest BCUT2D eigenvalue weighted by atomic mass is 9.97. The summed E-state index contributed by atoms with van der Waals surface area (Å²) in [6.45, 7) is 3.30. The number of aliphatic hydroxyl groups is 10. The smallest absolute Gasteiger partial charge is 0.394 e. The van der Waals surface area contributed by atoms with Crippen LogP contribution in [0.15, 0.2) is 12.7 Å². The number of hydrogen-bond donors (Lipinski definition) is 19. The Hall–Kier alpha value is -7.22. The molecule has 0 saturated carbocycles. The number of amides is 7. The number of nitrogens with one attached hydrogen (secondary N) is 6. The SMILES string of the molecule is CC(=O)NC1[C@H](OCCCCC(=O)CCCCCC(=O)CCOCC(COCCC(=O)CCCCNC(=O)CCCCO[C@@H]2OC(CO)[C@H](O)[C@H](O)C2NC(C)=O)(COCCC(=O)NCCCCC(=O)CCCCO[C@@H]2OC(CO)[C@H](O)[C@H](O)C2NC(C)=O)NC(=O)CCCCCCCCC(=O)N2C[C@H](O)C[C@H]2COP(=O)(O)OC2C[C@H](n3cnc4c(N)ncnc43)O[C@@H]2COP(=O)(O)C(C)C)OC(CO)[C@H](O)[C@@H]1O. The van der Waals surface area contributed by atoms with Crippen LogP contribution in [0.5, 0.6) is 0 Å². The average molecular weight is 2110 g/mol. The number of hydrogen-bond acceptors (Lipinski definition) is 40. The summed E-state index contributed by atoms with van der Waals surface area (Å²) in [6, 6.07) is -4.15. The van der Waals surface area contributed by atoms with E-state index >= 15 is 0 Å². The highest BCUT2D eigenvalue weighted by Gasteiger charge is 2.50. The first-order valence-electron chi connectivity index (χ1n) is 50.5. The zero-order chi connectivity index (χ0) is 106. The van der Waals surface area contributed by atoms with Crippen molar-refractivity contribution in [2.45, 2.75) is 380 Å². The number of ether oxygens (including phenoxy) is 10. The van der Waals surface area contributed by atoms with Gasteiger partial charge in [-0.1, -0.05) is 46.0 Å². The number of nitrogens with two attached hydrogens (primary N) is 1. The number of rotatable bonds is 75. The number of aliphatic hydroxyl groups excluding tert-OH is 10. The molecule has 7 amide bonds. The van der Waals surface area contributed by atoms with Crippen molar-refractivity contribution in [2.24, 2.45) is 0 Å². The van der Waals surface area contributed by atoms with Gasteiger partial charge in [-0.05, 0) is 96.3 Å². The minimum absolute atomic E-state index is 0.00110. The molecule has 5 aliphatic rings.